The average molecular weight is 380 g/mol. The van der Waals surface area contributed by atoms with Crippen LogP contribution in [-0.2, 0) is 23.0 Å². The summed E-state index contributed by atoms with van der Waals surface area (Å²) < 4.78 is 40.3. The number of nitrogens with one attached hydrogen (secondary N) is 2. The van der Waals surface area contributed by atoms with Gasteiger partial charge < -0.3 is 0 Å². The van der Waals surface area contributed by atoms with Crippen molar-refractivity contribution >= 4 is 21.4 Å². The molecule has 0 spiro atoms. The van der Waals surface area contributed by atoms with Gasteiger partial charge in [0.1, 0.15) is 15.7 Å². The second kappa shape index (κ2) is 7.03. The summed E-state index contributed by atoms with van der Waals surface area (Å²) in [6.45, 7) is 3.42. The van der Waals surface area contributed by atoms with Crippen LogP contribution in [0.3, 0.4) is 0 Å². The zero-order valence-corrected chi connectivity index (χ0v) is 15.3. The summed E-state index contributed by atoms with van der Waals surface area (Å²) in [5, 5.41) is 7.24. The molecule has 0 saturated heterocycles. The summed E-state index contributed by atoms with van der Waals surface area (Å²) in [5.41, 5.74) is 1.91. The molecule has 0 radical (unpaired) electrons. The van der Waals surface area contributed by atoms with Crippen LogP contribution in [0.5, 0.6) is 0 Å². The van der Waals surface area contributed by atoms with Crippen LogP contribution in [0.15, 0.2) is 35.4 Å². The Kier molecular flexibility index (Phi) is 4.98. The topological polar surface area (TPSA) is 87.7 Å². The average Bonchev–Trinajstić information content (AvgIpc) is 3.14. The minimum atomic E-state index is -3.65. The van der Waals surface area contributed by atoms with E-state index >= 15 is 0 Å². The molecule has 0 amide bonds. The number of aromatic nitrogens is 3. The highest BCUT2D eigenvalue weighted by Gasteiger charge is 2.22. The number of benzene rings is 1. The van der Waals surface area contributed by atoms with E-state index in [4.69, 9.17) is 0 Å². The number of sulfonamides is 1. The van der Waals surface area contributed by atoms with Crippen LogP contribution >= 0.6 is 11.3 Å². The Balaban J connectivity index is 1.66. The highest BCUT2D eigenvalue weighted by molar-refractivity contribution is 7.89. The molecule has 2 aromatic heterocycles. The van der Waals surface area contributed by atoms with Gasteiger partial charge in [-0.15, -0.1) is 11.3 Å². The maximum absolute atomic E-state index is 12.9. The van der Waals surface area contributed by atoms with Crippen LogP contribution in [0.4, 0.5) is 4.39 Å². The van der Waals surface area contributed by atoms with E-state index in [2.05, 4.69) is 19.9 Å². The Hall–Kier alpha value is -2.10. The summed E-state index contributed by atoms with van der Waals surface area (Å²) in [5.74, 6) is -0.270. The molecule has 0 fully saturated rings. The van der Waals surface area contributed by atoms with Crippen LogP contribution in [0.1, 0.15) is 26.8 Å². The van der Waals surface area contributed by atoms with Gasteiger partial charge in [-0.1, -0.05) is 12.1 Å². The van der Waals surface area contributed by atoms with Crippen molar-refractivity contribution in [3.05, 3.63) is 63.1 Å². The van der Waals surface area contributed by atoms with Crippen molar-refractivity contribution in [1.82, 2.24) is 19.9 Å². The predicted octanol–water partition coefficient (Wildman–Crippen LogP) is 2.69. The Morgan fingerprint density at radius 1 is 1.24 bits per heavy atom. The number of thiazole rings is 1. The van der Waals surface area contributed by atoms with Gasteiger partial charge in [0.25, 0.3) is 0 Å². The fraction of sp³-hybridized carbons (Fsp3) is 0.250. The molecule has 132 valence electrons. The van der Waals surface area contributed by atoms with Gasteiger partial charge >= 0.3 is 0 Å². The zero-order valence-electron chi connectivity index (χ0n) is 13.7. The lowest BCUT2D eigenvalue weighted by Crippen LogP contribution is -2.24. The summed E-state index contributed by atoms with van der Waals surface area (Å²) >= 11 is 1.42. The first-order chi connectivity index (χ1) is 11.8. The van der Waals surface area contributed by atoms with Crippen molar-refractivity contribution in [3.63, 3.8) is 0 Å². The summed E-state index contributed by atoms with van der Waals surface area (Å²) in [6.07, 6.45) is 2.34. The van der Waals surface area contributed by atoms with Crippen LogP contribution in [0.2, 0.25) is 0 Å². The maximum Gasteiger partial charge on any atom is 0.244 e. The van der Waals surface area contributed by atoms with Crippen molar-refractivity contribution in [2.45, 2.75) is 31.7 Å². The third-order valence-corrected chi connectivity index (χ3v) is 6.30. The molecule has 0 atom stereocenters. The number of aromatic amines is 1. The van der Waals surface area contributed by atoms with Gasteiger partial charge in [0, 0.05) is 17.5 Å². The second-order valence-corrected chi connectivity index (χ2v) is 8.51. The van der Waals surface area contributed by atoms with Crippen LogP contribution in [-0.4, -0.2) is 23.6 Å². The number of H-pyrrole nitrogens is 1. The summed E-state index contributed by atoms with van der Waals surface area (Å²) in [7, 11) is -3.65. The van der Waals surface area contributed by atoms with Crippen LogP contribution in [0, 0.1) is 19.7 Å². The quantitative estimate of drug-likeness (QED) is 0.688. The smallest absolute Gasteiger partial charge is 0.244 e. The molecular formula is C16H17FN4O2S2. The lowest BCUT2D eigenvalue weighted by atomic mass is 10.1. The Morgan fingerprint density at radius 2 is 1.96 bits per heavy atom. The fourth-order valence-corrected chi connectivity index (χ4v) is 4.82. The molecule has 0 aliphatic carbocycles. The molecule has 25 heavy (non-hydrogen) atoms. The fourth-order valence-electron chi connectivity index (χ4n) is 2.48. The van der Waals surface area contributed by atoms with E-state index in [1.165, 1.54) is 23.5 Å². The molecule has 0 unspecified atom stereocenters. The largest absolute Gasteiger partial charge is 0.281 e. The van der Waals surface area contributed by atoms with E-state index < -0.39 is 10.0 Å². The van der Waals surface area contributed by atoms with Crippen molar-refractivity contribution < 1.29 is 12.8 Å². The standard InChI is InChI=1S/C16H17FN4O2S2/c1-10-16(11(2)21-20-10)25(22,23)19-9-15-18-8-14(24-15)7-12-3-5-13(17)6-4-12/h3-6,8,19H,7,9H2,1-2H3,(H,20,21). The monoisotopic (exact) mass is 380 g/mol. The number of nitrogens with zero attached hydrogens (tertiary/aromatic N) is 2. The Bertz CT molecular complexity index is 958. The number of halogens is 1. The molecule has 6 nitrogen and oxygen atoms in total. The lowest BCUT2D eigenvalue weighted by molar-refractivity contribution is 0.580. The first kappa shape index (κ1) is 17.7. The first-order valence-electron chi connectivity index (χ1n) is 7.54. The molecular weight excluding hydrogens is 363 g/mol. The number of rotatable bonds is 6. The van der Waals surface area contributed by atoms with Crippen LogP contribution in [0.25, 0.3) is 0 Å². The van der Waals surface area contributed by atoms with Gasteiger partial charge in [-0.3, -0.25) is 5.10 Å². The van der Waals surface area contributed by atoms with E-state index in [0.29, 0.717) is 22.8 Å². The van der Waals surface area contributed by atoms with Gasteiger partial charge in [0.05, 0.1) is 17.9 Å². The van der Waals surface area contributed by atoms with Crippen molar-refractivity contribution in [1.29, 1.82) is 0 Å². The predicted molar refractivity (Wildman–Crippen MR) is 93.4 cm³/mol. The minimum absolute atomic E-state index is 0.112. The lowest BCUT2D eigenvalue weighted by Gasteiger charge is -2.05. The first-order valence-corrected chi connectivity index (χ1v) is 9.84. The molecule has 2 heterocycles. The minimum Gasteiger partial charge on any atom is -0.281 e. The summed E-state index contributed by atoms with van der Waals surface area (Å²) in [6, 6.07) is 6.28. The van der Waals surface area contributed by atoms with Gasteiger partial charge in [-0.05, 0) is 31.5 Å². The van der Waals surface area contributed by atoms with Gasteiger partial charge in [-0.2, -0.15) is 5.10 Å². The SMILES string of the molecule is Cc1n[nH]c(C)c1S(=O)(=O)NCc1ncc(Cc2ccc(F)cc2)s1. The normalized spacial score (nSPS) is 11.8. The third kappa shape index (κ3) is 4.12. The number of hydrogen-bond donors (Lipinski definition) is 2. The van der Waals surface area contributed by atoms with Crippen molar-refractivity contribution in [3.8, 4) is 0 Å². The molecule has 0 bridgehead atoms. The zero-order chi connectivity index (χ0) is 18.0. The van der Waals surface area contributed by atoms with Crippen LogP contribution < -0.4 is 4.72 Å². The van der Waals surface area contributed by atoms with Gasteiger partial charge in [0.2, 0.25) is 10.0 Å². The Labute approximate surface area is 149 Å². The summed E-state index contributed by atoms with van der Waals surface area (Å²) in [4.78, 5) is 5.41. The Morgan fingerprint density at radius 3 is 2.60 bits per heavy atom. The van der Waals surface area contributed by atoms with E-state index in [0.717, 1.165) is 10.4 Å². The van der Waals surface area contributed by atoms with Crippen molar-refractivity contribution in [2.24, 2.45) is 0 Å². The highest BCUT2D eigenvalue weighted by Crippen LogP contribution is 2.20. The molecule has 0 aliphatic rings. The van der Waals surface area contributed by atoms with E-state index in [1.807, 2.05) is 0 Å². The van der Waals surface area contributed by atoms with E-state index in [1.54, 1.807) is 32.2 Å². The van der Waals surface area contributed by atoms with Gasteiger partial charge in [-0.25, -0.2) is 22.5 Å². The molecule has 0 saturated carbocycles. The van der Waals surface area contributed by atoms with E-state index in [9.17, 15) is 12.8 Å². The molecule has 3 rings (SSSR count). The van der Waals surface area contributed by atoms with E-state index in [-0.39, 0.29) is 17.3 Å². The molecule has 2 N–H and O–H groups in total. The number of aryl methyl sites for hydroxylation is 2. The molecule has 9 heteroatoms. The maximum atomic E-state index is 12.9. The molecule has 1 aromatic carbocycles. The molecule has 3 aromatic rings. The molecule has 0 aliphatic heterocycles. The number of hydrogen-bond acceptors (Lipinski definition) is 5. The van der Waals surface area contributed by atoms with Gasteiger partial charge in [0.15, 0.2) is 0 Å². The second-order valence-electron chi connectivity index (χ2n) is 5.61. The highest BCUT2D eigenvalue weighted by atomic mass is 32.2. The van der Waals surface area contributed by atoms with Crippen molar-refractivity contribution in [2.75, 3.05) is 0 Å². The third-order valence-electron chi connectivity index (χ3n) is 3.64.